The van der Waals surface area contributed by atoms with Gasteiger partial charge in [-0.1, -0.05) is 54.6 Å². The molecule has 0 saturated carbocycles. The monoisotopic (exact) mass is 648 g/mol. The van der Waals surface area contributed by atoms with E-state index in [2.05, 4.69) is 20.7 Å². The first-order valence-electron chi connectivity index (χ1n) is 13.9. The molecule has 2 rings (SSSR count). The van der Waals surface area contributed by atoms with Crippen LogP contribution in [-0.2, 0) is 35.1 Å². The van der Waals surface area contributed by atoms with Crippen molar-refractivity contribution in [2.45, 2.75) is 56.3 Å². The van der Waals surface area contributed by atoms with Gasteiger partial charge >= 0.3 is 18.1 Å². The van der Waals surface area contributed by atoms with Gasteiger partial charge in [-0.15, -0.1) is 0 Å². The third-order valence-electron chi connectivity index (χ3n) is 6.58. The Bertz CT molecular complexity index is 1420. The summed E-state index contributed by atoms with van der Waals surface area (Å²) in [4.78, 5) is 62.2. The molecule has 3 atom stereocenters. The lowest BCUT2D eigenvalue weighted by Gasteiger charge is -2.24. The molecule has 0 spiro atoms. The van der Waals surface area contributed by atoms with Crippen molar-refractivity contribution in [1.82, 2.24) is 16.0 Å². The number of carbonyl (C=O) groups excluding carboxylic acids is 5. The summed E-state index contributed by atoms with van der Waals surface area (Å²) in [5, 5.41) is 22.1. The standard InChI is InChI=1S/C29H35F3N8O6/c30-29(31,32)27(45)46-22(41)13-12-21(26(44)39-20(24(35)42)7-4-14-38-28(36)37)40-25(43)19(17-5-2-1-3-6-17)15-16-8-10-18(11-9-16)23(33)34/h1-3,5-6,8-11,19-21H,4,7,12-15H2,(H3,33,34)(H2,35,42)(H,39,44)(H,40,43)(H4,36,37,38)/t19-,20-,21-/m0/s1. The third-order valence-corrected chi connectivity index (χ3v) is 6.58. The van der Waals surface area contributed by atoms with Crippen molar-refractivity contribution in [3.8, 4) is 0 Å². The highest BCUT2D eigenvalue weighted by atomic mass is 19.4. The first kappa shape index (κ1) is 36.7. The summed E-state index contributed by atoms with van der Waals surface area (Å²) >= 11 is 0. The zero-order valence-electron chi connectivity index (χ0n) is 24.5. The van der Waals surface area contributed by atoms with Gasteiger partial charge in [-0.05, 0) is 36.8 Å². The molecule has 0 aliphatic heterocycles. The summed E-state index contributed by atoms with van der Waals surface area (Å²) in [6.07, 6.45) is -6.59. The number of nitrogens with two attached hydrogens (primary N) is 3. The Morgan fingerprint density at radius 1 is 0.826 bits per heavy atom. The maximum absolute atomic E-state index is 13.7. The number of amides is 3. The van der Waals surface area contributed by atoms with E-state index in [9.17, 15) is 37.1 Å². The highest BCUT2D eigenvalue weighted by Gasteiger charge is 2.42. The Labute approximate surface area is 261 Å². The number of esters is 2. The van der Waals surface area contributed by atoms with Gasteiger partial charge in [0.15, 0.2) is 5.96 Å². The molecule has 0 saturated heterocycles. The molecule has 17 heteroatoms. The lowest BCUT2D eigenvalue weighted by atomic mass is 9.90. The average molecular weight is 649 g/mol. The quantitative estimate of drug-likeness (QED) is 0.0412. The Balaban J connectivity index is 2.31. The molecule has 2 aromatic carbocycles. The number of halogens is 3. The fraction of sp³-hybridized carbons (Fsp3) is 0.345. The van der Waals surface area contributed by atoms with Crippen molar-refractivity contribution >= 4 is 41.5 Å². The molecule has 0 fully saturated rings. The maximum atomic E-state index is 13.7. The minimum atomic E-state index is -5.43. The smallest absolute Gasteiger partial charge is 0.386 e. The van der Waals surface area contributed by atoms with Crippen LogP contribution in [0.3, 0.4) is 0 Å². The van der Waals surface area contributed by atoms with E-state index in [0.29, 0.717) is 16.7 Å². The van der Waals surface area contributed by atoms with Crippen LogP contribution in [-0.4, -0.2) is 66.3 Å². The largest absolute Gasteiger partial charge is 0.491 e. The van der Waals surface area contributed by atoms with Crippen LogP contribution >= 0.6 is 0 Å². The molecule has 46 heavy (non-hydrogen) atoms. The Morgan fingerprint density at radius 3 is 1.98 bits per heavy atom. The number of rotatable bonds is 16. The molecule has 0 bridgehead atoms. The van der Waals surface area contributed by atoms with Crippen LogP contribution in [0.2, 0.25) is 0 Å². The van der Waals surface area contributed by atoms with Gasteiger partial charge in [-0.2, -0.15) is 13.2 Å². The number of hydrogen-bond acceptors (Lipinski definition) is 8. The van der Waals surface area contributed by atoms with Gasteiger partial charge in [0.1, 0.15) is 17.9 Å². The minimum absolute atomic E-state index is 0.00690. The van der Waals surface area contributed by atoms with E-state index < -0.39 is 66.7 Å². The Morgan fingerprint density at radius 2 is 1.43 bits per heavy atom. The van der Waals surface area contributed by atoms with E-state index in [-0.39, 0.29) is 37.6 Å². The number of primary amides is 1. The van der Waals surface area contributed by atoms with Crippen molar-refractivity contribution in [2.75, 3.05) is 6.54 Å². The summed E-state index contributed by atoms with van der Waals surface area (Å²) in [5.41, 5.74) is 17.8. The van der Waals surface area contributed by atoms with Crippen LogP contribution in [0.5, 0.6) is 0 Å². The number of alkyl halides is 3. The second-order valence-electron chi connectivity index (χ2n) is 10.1. The number of carbonyl (C=O) groups is 5. The van der Waals surface area contributed by atoms with Crippen LogP contribution in [0, 0.1) is 10.8 Å². The van der Waals surface area contributed by atoms with Crippen molar-refractivity contribution in [2.24, 2.45) is 17.2 Å². The van der Waals surface area contributed by atoms with E-state index in [0.717, 1.165) is 0 Å². The van der Waals surface area contributed by atoms with Gasteiger partial charge in [0, 0.05) is 18.5 Å². The molecule has 0 aromatic heterocycles. The topological polar surface area (TPSA) is 256 Å². The predicted octanol–water partition coefficient (Wildman–Crippen LogP) is 0.427. The van der Waals surface area contributed by atoms with Gasteiger partial charge in [0.25, 0.3) is 0 Å². The predicted molar refractivity (Wildman–Crippen MR) is 159 cm³/mol. The number of nitrogens with one attached hydrogen (secondary N) is 5. The van der Waals surface area contributed by atoms with Gasteiger partial charge in [0.2, 0.25) is 17.7 Å². The molecular formula is C29H35F3N8O6. The SMILES string of the molecule is N=C(N)NCCC[C@H](NC(=O)[C@H](CCC(=O)OC(=O)C(F)(F)F)NC(=O)[C@@H](Cc1ccc(C(=N)N)cc1)c1ccccc1)C(N)=O. The van der Waals surface area contributed by atoms with E-state index >= 15 is 0 Å². The molecule has 248 valence electrons. The lowest BCUT2D eigenvalue weighted by molar-refractivity contribution is -0.201. The van der Waals surface area contributed by atoms with Gasteiger partial charge < -0.3 is 37.9 Å². The van der Waals surface area contributed by atoms with Crippen LogP contribution in [0.25, 0.3) is 0 Å². The molecule has 0 radical (unpaired) electrons. The first-order valence-corrected chi connectivity index (χ1v) is 13.9. The second kappa shape index (κ2) is 17.1. The van der Waals surface area contributed by atoms with Gasteiger partial charge in [-0.25, -0.2) is 4.79 Å². The fourth-order valence-corrected chi connectivity index (χ4v) is 4.21. The van der Waals surface area contributed by atoms with Crippen molar-refractivity contribution in [1.29, 1.82) is 10.8 Å². The zero-order valence-corrected chi connectivity index (χ0v) is 24.5. The van der Waals surface area contributed by atoms with Crippen LogP contribution < -0.4 is 33.2 Å². The van der Waals surface area contributed by atoms with Gasteiger partial charge in [-0.3, -0.25) is 30.0 Å². The van der Waals surface area contributed by atoms with E-state index in [1.165, 1.54) is 0 Å². The molecule has 0 aliphatic carbocycles. The molecule has 0 unspecified atom stereocenters. The molecule has 0 aliphatic rings. The molecular weight excluding hydrogens is 613 g/mol. The summed E-state index contributed by atoms with van der Waals surface area (Å²) in [7, 11) is 0. The molecule has 2 aromatic rings. The molecule has 11 N–H and O–H groups in total. The van der Waals surface area contributed by atoms with Crippen molar-refractivity contribution in [3.05, 3.63) is 71.3 Å². The summed E-state index contributed by atoms with van der Waals surface area (Å²) in [6, 6.07) is 12.1. The van der Waals surface area contributed by atoms with Crippen LogP contribution in [0.4, 0.5) is 13.2 Å². The zero-order chi connectivity index (χ0) is 34.4. The fourth-order valence-electron chi connectivity index (χ4n) is 4.21. The maximum Gasteiger partial charge on any atom is 0.491 e. The normalized spacial score (nSPS) is 12.9. The van der Waals surface area contributed by atoms with Crippen molar-refractivity contribution < 1.29 is 41.9 Å². The number of hydrogen-bond donors (Lipinski definition) is 8. The number of benzene rings is 2. The highest BCUT2D eigenvalue weighted by Crippen LogP contribution is 2.23. The third kappa shape index (κ3) is 12.3. The second-order valence-corrected chi connectivity index (χ2v) is 10.1. The van der Waals surface area contributed by atoms with E-state index in [1.807, 2.05) is 0 Å². The summed E-state index contributed by atoms with van der Waals surface area (Å²) < 4.78 is 41.5. The van der Waals surface area contributed by atoms with Crippen LogP contribution in [0.15, 0.2) is 54.6 Å². The van der Waals surface area contributed by atoms with Gasteiger partial charge in [0.05, 0.1) is 5.92 Å². The average Bonchev–Trinajstić information content (AvgIpc) is 2.99. The van der Waals surface area contributed by atoms with Crippen LogP contribution in [0.1, 0.15) is 48.3 Å². The Kier molecular flexibility index (Phi) is 13.7. The Hall–Kier alpha value is -5.48. The number of amidine groups is 1. The summed E-state index contributed by atoms with van der Waals surface area (Å²) in [5.74, 6) is -8.35. The highest BCUT2D eigenvalue weighted by molar-refractivity contribution is 5.95. The molecule has 0 heterocycles. The number of nitrogen functional groups attached to an aromatic ring is 1. The lowest BCUT2D eigenvalue weighted by Crippen LogP contribution is -2.54. The molecule has 3 amide bonds. The minimum Gasteiger partial charge on any atom is -0.386 e. The van der Waals surface area contributed by atoms with E-state index in [4.69, 9.17) is 28.0 Å². The number of guanidine groups is 1. The molecule has 14 nitrogen and oxygen atoms in total. The first-order chi connectivity index (χ1) is 21.6. The summed E-state index contributed by atoms with van der Waals surface area (Å²) in [6.45, 7) is 0.167. The van der Waals surface area contributed by atoms with Crippen molar-refractivity contribution in [3.63, 3.8) is 0 Å². The van der Waals surface area contributed by atoms with E-state index in [1.54, 1.807) is 54.6 Å². The number of ether oxygens (including phenoxy) is 1.